The molecule has 0 radical (unpaired) electrons. The van der Waals surface area contributed by atoms with Crippen LogP contribution < -0.4 is 15.5 Å². The molecule has 0 aliphatic heterocycles. The number of rotatable bonds is 11. The first-order valence-electron chi connectivity index (χ1n) is 11.2. The van der Waals surface area contributed by atoms with Gasteiger partial charge in [0.15, 0.2) is 0 Å². The van der Waals surface area contributed by atoms with E-state index in [0.29, 0.717) is 11.5 Å². The molecule has 0 saturated carbocycles. The SMILES string of the molecule is CCCN(C)c1ccc(N)cc1CS(C)=O.CCCN(C)c1ccc([N+](=O)[O-])cc1CS(C)=O. The molecule has 0 fully saturated rings. The summed E-state index contributed by atoms with van der Waals surface area (Å²) in [5.74, 6) is 0.902. The van der Waals surface area contributed by atoms with Crippen molar-refractivity contribution >= 4 is 44.3 Å². The van der Waals surface area contributed by atoms with Crippen LogP contribution in [0.15, 0.2) is 36.4 Å². The Balaban J connectivity index is 0.000000342. The highest BCUT2D eigenvalue weighted by Crippen LogP contribution is 2.26. The first-order valence-corrected chi connectivity index (χ1v) is 14.6. The van der Waals surface area contributed by atoms with Crippen LogP contribution in [0, 0.1) is 10.1 Å². The van der Waals surface area contributed by atoms with Gasteiger partial charge >= 0.3 is 0 Å². The fourth-order valence-corrected chi connectivity index (χ4v) is 4.95. The van der Waals surface area contributed by atoms with Gasteiger partial charge in [-0.25, -0.2) is 0 Å². The molecule has 2 aromatic rings. The highest BCUT2D eigenvalue weighted by Gasteiger charge is 2.14. The fourth-order valence-electron chi connectivity index (χ4n) is 3.62. The molecule has 10 heteroatoms. The number of nitro groups is 1. The van der Waals surface area contributed by atoms with Crippen molar-refractivity contribution in [1.29, 1.82) is 0 Å². The van der Waals surface area contributed by atoms with E-state index in [9.17, 15) is 18.5 Å². The molecule has 2 atom stereocenters. The molecule has 0 amide bonds. The number of nitrogens with two attached hydrogens (primary N) is 1. The standard InChI is InChI=1S/C12H18N2O3S.C12H20N2OS/c1-4-7-13(2)12-6-5-11(14(15)16)8-10(12)9-18(3)17;1-4-7-14(2)12-6-5-11(13)8-10(12)9-16(3)15/h5-6,8H,4,7,9H2,1-3H3;5-6,8H,4,7,9,13H2,1-3H3. The van der Waals surface area contributed by atoms with E-state index in [4.69, 9.17) is 5.73 Å². The molecule has 0 spiro atoms. The molecule has 0 heterocycles. The summed E-state index contributed by atoms with van der Waals surface area (Å²) in [5, 5.41) is 10.8. The monoisotopic (exact) mass is 510 g/mol. The van der Waals surface area contributed by atoms with Crippen LogP contribution in [0.3, 0.4) is 0 Å². The molecule has 190 valence electrons. The highest BCUT2D eigenvalue weighted by atomic mass is 32.2. The van der Waals surface area contributed by atoms with Gasteiger partial charge in [0, 0.05) is 90.5 Å². The zero-order valence-corrected chi connectivity index (χ0v) is 22.7. The van der Waals surface area contributed by atoms with Crippen molar-refractivity contribution in [2.75, 3.05) is 55.2 Å². The van der Waals surface area contributed by atoms with Crippen molar-refractivity contribution in [3.63, 3.8) is 0 Å². The van der Waals surface area contributed by atoms with Crippen LogP contribution in [-0.4, -0.2) is 53.0 Å². The average Bonchev–Trinajstić information content (AvgIpc) is 2.73. The second-order valence-electron chi connectivity index (χ2n) is 8.24. The predicted molar refractivity (Wildman–Crippen MR) is 147 cm³/mol. The van der Waals surface area contributed by atoms with E-state index in [1.165, 1.54) is 12.1 Å². The zero-order chi connectivity index (χ0) is 25.8. The highest BCUT2D eigenvalue weighted by molar-refractivity contribution is 7.83. The quantitative estimate of drug-likeness (QED) is 0.272. The Kier molecular flexibility index (Phi) is 12.8. The molecule has 2 aromatic carbocycles. The summed E-state index contributed by atoms with van der Waals surface area (Å²) in [5.41, 5.74) is 10.4. The Hall–Kier alpha value is -2.46. The second kappa shape index (κ2) is 14.7. The number of non-ortho nitro benzene ring substituents is 1. The van der Waals surface area contributed by atoms with E-state index in [2.05, 4.69) is 25.8 Å². The minimum Gasteiger partial charge on any atom is -0.399 e. The lowest BCUT2D eigenvalue weighted by Crippen LogP contribution is -2.19. The fraction of sp³-hybridized carbons (Fsp3) is 0.500. The van der Waals surface area contributed by atoms with E-state index in [1.807, 2.05) is 30.1 Å². The maximum absolute atomic E-state index is 11.3. The Morgan fingerprint density at radius 2 is 1.29 bits per heavy atom. The Labute approximate surface area is 208 Å². The minimum absolute atomic E-state index is 0.0455. The van der Waals surface area contributed by atoms with Gasteiger partial charge in [0.05, 0.1) is 16.4 Å². The van der Waals surface area contributed by atoms with Crippen molar-refractivity contribution in [2.24, 2.45) is 0 Å². The number of hydrogen-bond donors (Lipinski definition) is 1. The average molecular weight is 511 g/mol. The van der Waals surface area contributed by atoms with Crippen LogP contribution >= 0.6 is 0 Å². The topological polar surface area (TPSA) is 110 Å². The summed E-state index contributed by atoms with van der Waals surface area (Å²) in [6.45, 7) is 6.07. The normalized spacial score (nSPS) is 12.3. The Morgan fingerprint density at radius 3 is 1.71 bits per heavy atom. The smallest absolute Gasteiger partial charge is 0.269 e. The van der Waals surface area contributed by atoms with Gasteiger partial charge < -0.3 is 15.5 Å². The van der Waals surface area contributed by atoms with Gasteiger partial charge in [-0.2, -0.15) is 0 Å². The summed E-state index contributed by atoms with van der Waals surface area (Å²) in [7, 11) is 2.13. The van der Waals surface area contributed by atoms with Gasteiger partial charge in [0.25, 0.3) is 5.69 Å². The van der Waals surface area contributed by atoms with Crippen LogP contribution in [0.1, 0.15) is 37.8 Å². The van der Waals surface area contributed by atoms with E-state index in [-0.39, 0.29) is 5.69 Å². The summed E-state index contributed by atoms with van der Waals surface area (Å²) in [6.07, 6.45) is 5.40. The molecule has 8 nitrogen and oxygen atoms in total. The third-order valence-electron chi connectivity index (χ3n) is 5.04. The maximum atomic E-state index is 11.3. The maximum Gasteiger partial charge on any atom is 0.269 e. The summed E-state index contributed by atoms with van der Waals surface area (Å²) >= 11 is 0. The van der Waals surface area contributed by atoms with Gasteiger partial charge in [-0.1, -0.05) is 13.8 Å². The van der Waals surface area contributed by atoms with Crippen LogP contribution in [0.4, 0.5) is 22.7 Å². The Bertz CT molecular complexity index is 1000. The number of nitro benzene ring substituents is 1. The van der Waals surface area contributed by atoms with Gasteiger partial charge in [-0.3, -0.25) is 18.5 Å². The molecular weight excluding hydrogens is 472 g/mol. The van der Waals surface area contributed by atoms with Crippen LogP contribution in [0.2, 0.25) is 0 Å². The molecule has 2 unspecified atom stereocenters. The first kappa shape index (κ1) is 29.6. The molecule has 2 N–H and O–H groups in total. The second-order valence-corrected chi connectivity index (χ2v) is 11.1. The third kappa shape index (κ3) is 9.80. The number of nitrogens with zero attached hydrogens (tertiary/aromatic N) is 3. The first-order chi connectivity index (χ1) is 16.0. The lowest BCUT2D eigenvalue weighted by Gasteiger charge is -2.22. The van der Waals surface area contributed by atoms with E-state index in [0.717, 1.165) is 54.1 Å². The molecule has 0 saturated heterocycles. The van der Waals surface area contributed by atoms with Crippen molar-refractivity contribution in [2.45, 2.75) is 38.2 Å². The molecule has 2 rings (SSSR count). The molecule has 34 heavy (non-hydrogen) atoms. The molecule has 0 aliphatic carbocycles. The van der Waals surface area contributed by atoms with Crippen molar-refractivity contribution in [3.8, 4) is 0 Å². The molecule has 0 aromatic heterocycles. The van der Waals surface area contributed by atoms with E-state index >= 15 is 0 Å². The largest absolute Gasteiger partial charge is 0.399 e. The number of hydrogen-bond acceptors (Lipinski definition) is 7. The van der Waals surface area contributed by atoms with Crippen LogP contribution in [-0.2, 0) is 33.1 Å². The van der Waals surface area contributed by atoms with Gasteiger partial charge in [-0.15, -0.1) is 0 Å². The van der Waals surface area contributed by atoms with Crippen LogP contribution in [0.5, 0.6) is 0 Å². The lowest BCUT2D eigenvalue weighted by atomic mass is 10.1. The lowest BCUT2D eigenvalue weighted by molar-refractivity contribution is -0.384. The molecule has 0 bridgehead atoms. The molecule has 0 aliphatic rings. The summed E-state index contributed by atoms with van der Waals surface area (Å²) in [6, 6.07) is 10.6. The van der Waals surface area contributed by atoms with Crippen molar-refractivity contribution in [1.82, 2.24) is 0 Å². The summed E-state index contributed by atoms with van der Waals surface area (Å²) < 4.78 is 22.7. The van der Waals surface area contributed by atoms with Crippen molar-refractivity contribution in [3.05, 3.63) is 57.6 Å². The molecular formula is C24H38N4O4S2. The number of nitrogen functional groups attached to an aromatic ring is 1. The van der Waals surface area contributed by atoms with Crippen molar-refractivity contribution < 1.29 is 13.3 Å². The Morgan fingerprint density at radius 1 is 0.853 bits per heavy atom. The van der Waals surface area contributed by atoms with Crippen LogP contribution in [0.25, 0.3) is 0 Å². The number of benzene rings is 2. The summed E-state index contributed by atoms with van der Waals surface area (Å²) in [4.78, 5) is 14.6. The third-order valence-corrected chi connectivity index (χ3v) is 6.47. The van der Waals surface area contributed by atoms with Gasteiger partial charge in [-0.05, 0) is 48.2 Å². The number of anilines is 3. The van der Waals surface area contributed by atoms with E-state index < -0.39 is 26.5 Å². The zero-order valence-electron chi connectivity index (χ0n) is 21.1. The van der Waals surface area contributed by atoms with Gasteiger partial charge in [0.2, 0.25) is 0 Å². The van der Waals surface area contributed by atoms with E-state index in [1.54, 1.807) is 18.6 Å². The minimum atomic E-state index is -1.02. The predicted octanol–water partition coefficient (Wildman–Crippen LogP) is 4.31. The van der Waals surface area contributed by atoms with Gasteiger partial charge in [0.1, 0.15) is 0 Å².